The van der Waals surface area contributed by atoms with Crippen molar-refractivity contribution in [1.82, 2.24) is 14.5 Å². The molecule has 0 amide bonds. The lowest BCUT2D eigenvalue weighted by atomic mass is 10.00. The van der Waals surface area contributed by atoms with Crippen LogP contribution in [0.1, 0.15) is 25.6 Å². The molecule has 1 saturated heterocycles. The summed E-state index contributed by atoms with van der Waals surface area (Å²) in [5.41, 5.74) is 6.00. The van der Waals surface area contributed by atoms with Crippen molar-refractivity contribution in [3.63, 3.8) is 0 Å². The zero-order valence-electron chi connectivity index (χ0n) is 10.6. The maximum absolute atomic E-state index is 6.00. The molecule has 0 radical (unpaired) electrons. The number of nitrogens with two attached hydrogens (primary N) is 1. The van der Waals surface area contributed by atoms with Crippen LogP contribution in [0.25, 0.3) is 0 Å². The van der Waals surface area contributed by atoms with Crippen molar-refractivity contribution in [3.8, 4) is 0 Å². The Morgan fingerprint density at radius 3 is 2.82 bits per heavy atom. The van der Waals surface area contributed by atoms with Crippen LogP contribution in [0.2, 0.25) is 0 Å². The number of likely N-dealkylation sites (tertiary alicyclic amines) is 1. The second kappa shape index (κ2) is 5.21. The van der Waals surface area contributed by atoms with Crippen molar-refractivity contribution in [3.05, 3.63) is 18.2 Å². The molecule has 0 atom stereocenters. The SMILES string of the molecule is CC1CCN(C(N)=NCc2nccn2C)CC1. The van der Waals surface area contributed by atoms with E-state index in [2.05, 4.69) is 21.8 Å². The standard InChI is InChI=1S/C12H21N5/c1-10-3-6-17(7-4-10)12(13)15-9-11-14-5-8-16(11)2/h5,8,10H,3-4,6-7,9H2,1-2H3,(H2,13,15). The fourth-order valence-electron chi connectivity index (χ4n) is 2.04. The third kappa shape index (κ3) is 2.99. The minimum atomic E-state index is 0.557. The van der Waals surface area contributed by atoms with Gasteiger partial charge in [0.05, 0.1) is 0 Å². The first-order chi connectivity index (χ1) is 8.16. The van der Waals surface area contributed by atoms with Crippen LogP contribution in [0.4, 0.5) is 0 Å². The zero-order valence-corrected chi connectivity index (χ0v) is 10.6. The number of guanidine groups is 1. The molecule has 0 spiro atoms. The number of piperidine rings is 1. The number of nitrogens with zero attached hydrogens (tertiary/aromatic N) is 4. The zero-order chi connectivity index (χ0) is 12.3. The molecule has 1 aromatic rings. The number of imidazole rings is 1. The predicted octanol–water partition coefficient (Wildman–Crippen LogP) is 0.967. The lowest BCUT2D eigenvalue weighted by Crippen LogP contribution is -2.42. The number of aryl methyl sites for hydroxylation is 1. The molecule has 1 fully saturated rings. The third-order valence-corrected chi connectivity index (χ3v) is 3.41. The lowest BCUT2D eigenvalue weighted by Gasteiger charge is -2.30. The summed E-state index contributed by atoms with van der Waals surface area (Å²) in [6.45, 7) is 4.90. The average molecular weight is 235 g/mol. The fourth-order valence-corrected chi connectivity index (χ4v) is 2.04. The van der Waals surface area contributed by atoms with E-state index < -0.39 is 0 Å². The van der Waals surface area contributed by atoms with Crippen LogP contribution in [0, 0.1) is 5.92 Å². The van der Waals surface area contributed by atoms with Crippen LogP contribution in [0.5, 0.6) is 0 Å². The van der Waals surface area contributed by atoms with Crippen LogP contribution < -0.4 is 5.73 Å². The van der Waals surface area contributed by atoms with Gasteiger partial charge in [0, 0.05) is 32.5 Å². The molecule has 94 valence electrons. The Bertz CT molecular complexity index is 387. The van der Waals surface area contributed by atoms with E-state index in [1.807, 2.05) is 17.8 Å². The molecule has 0 bridgehead atoms. The predicted molar refractivity (Wildman–Crippen MR) is 68.5 cm³/mol. The van der Waals surface area contributed by atoms with Gasteiger partial charge in [-0.25, -0.2) is 9.98 Å². The van der Waals surface area contributed by atoms with E-state index in [0.29, 0.717) is 12.5 Å². The Morgan fingerprint density at radius 2 is 2.24 bits per heavy atom. The Labute approximate surface area is 102 Å². The van der Waals surface area contributed by atoms with Crippen LogP contribution in [-0.4, -0.2) is 33.5 Å². The van der Waals surface area contributed by atoms with Gasteiger partial charge in [0.25, 0.3) is 0 Å². The van der Waals surface area contributed by atoms with Crippen molar-refractivity contribution >= 4 is 5.96 Å². The summed E-state index contributed by atoms with van der Waals surface area (Å²) in [6.07, 6.45) is 6.12. The Balaban J connectivity index is 1.91. The van der Waals surface area contributed by atoms with Crippen molar-refractivity contribution in [2.75, 3.05) is 13.1 Å². The van der Waals surface area contributed by atoms with E-state index in [1.54, 1.807) is 6.20 Å². The van der Waals surface area contributed by atoms with Crippen molar-refractivity contribution in [1.29, 1.82) is 0 Å². The number of aliphatic imine (C=N–C) groups is 1. The van der Waals surface area contributed by atoms with Crippen molar-refractivity contribution in [2.45, 2.75) is 26.3 Å². The Hall–Kier alpha value is -1.52. The molecular formula is C12H21N5. The minimum Gasteiger partial charge on any atom is -0.370 e. The topological polar surface area (TPSA) is 59.4 Å². The summed E-state index contributed by atoms with van der Waals surface area (Å²) in [7, 11) is 1.97. The molecule has 1 aliphatic rings. The third-order valence-electron chi connectivity index (χ3n) is 3.41. The van der Waals surface area contributed by atoms with E-state index >= 15 is 0 Å². The Morgan fingerprint density at radius 1 is 1.53 bits per heavy atom. The maximum atomic E-state index is 6.00. The average Bonchev–Trinajstić information content (AvgIpc) is 2.73. The molecule has 1 aliphatic heterocycles. The highest BCUT2D eigenvalue weighted by Crippen LogP contribution is 2.15. The molecule has 0 unspecified atom stereocenters. The molecule has 5 nitrogen and oxygen atoms in total. The van der Waals surface area contributed by atoms with Crippen LogP contribution in [0.15, 0.2) is 17.4 Å². The van der Waals surface area contributed by atoms with E-state index in [0.717, 1.165) is 24.8 Å². The summed E-state index contributed by atoms with van der Waals surface area (Å²) in [6, 6.07) is 0. The van der Waals surface area contributed by atoms with Gasteiger partial charge >= 0.3 is 0 Å². The lowest BCUT2D eigenvalue weighted by molar-refractivity contribution is 0.277. The molecule has 5 heteroatoms. The van der Waals surface area contributed by atoms with Crippen LogP contribution >= 0.6 is 0 Å². The smallest absolute Gasteiger partial charge is 0.191 e. The summed E-state index contributed by atoms with van der Waals surface area (Å²) in [4.78, 5) is 10.8. The number of hydrogen-bond donors (Lipinski definition) is 1. The van der Waals surface area contributed by atoms with Crippen LogP contribution in [0.3, 0.4) is 0 Å². The highest BCUT2D eigenvalue weighted by molar-refractivity contribution is 5.78. The minimum absolute atomic E-state index is 0.557. The van der Waals surface area contributed by atoms with Gasteiger partial charge in [-0.3, -0.25) is 0 Å². The second-order valence-corrected chi connectivity index (χ2v) is 4.80. The first-order valence-corrected chi connectivity index (χ1v) is 6.18. The second-order valence-electron chi connectivity index (χ2n) is 4.80. The van der Waals surface area contributed by atoms with E-state index in [4.69, 9.17) is 5.73 Å². The van der Waals surface area contributed by atoms with Gasteiger partial charge in [-0.1, -0.05) is 6.92 Å². The highest BCUT2D eigenvalue weighted by atomic mass is 15.3. The summed E-state index contributed by atoms with van der Waals surface area (Å²) in [5, 5.41) is 0. The molecule has 0 aliphatic carbocycles. The molecule has 17 heavy (non-hydrogen) atoms. The first-order valence-electron chi connectivity index (χ1n) is 6.18. The molecule has 0 aromatic carbocycles. The van der Waals surface area contributed by atoms with Gasteiger partial charge in [-0.15, -0.1) is 0 Å². The molecule has 0 saturated carbocycles. The number of hydrogen-bond acceptors (Lipinski definition) is 2. The first kappa shape index (κ1) is 12.0. The largest absolute Gasteiger partial charge is 0.370 e. The number of rotatable bonds is 2. The van der Waals surface area contributed by atoms with E-state index in [-0.39, 0.29) is 0 Å². The molecule has 2 N–H and O–H groups in total. The fraction of sp³-hybridized carbons (Fsp3) is 0.667. The Kier molecular flexibility index (Phi) is 3.66. The van der Waals surface area contributed by atoms with Crippen molar-refractivity contribution < 1.29 is 0 Å². The highest BCUT2D eigenvalue weighted by Gasteiger charge is 2.16. The van der Waals surface area contributed by atoms with Gasteiger partial charge < -0.3 is 15.2 Å². The van der Waals surface area contributed by atoms with Gasteiger partial charge in [-0.2, -0.15) is 0 Å². The maximum Gasteiger partial charge on any atom is 0.191 e. The van der Waals surface area contributed by atoms with Gasteiger partial charge in [0.2, 0.25) is 0 Å². The van der Waals surface area contributed by atoms with Gasteiger partial charge in [0.1, 0.15) is 12.4 Å². The van der Waals surface area contributed by atoms with Gasteiger partial charge in [0.15, 0.2) is 5.96 Å². The van der Waals surface area contributed by atoms with Crippen LogP contribution in [-0.2, 0) is 13.6 Å². The van der Waals surface area contributed by atoms with Gasteiger partial charge in [-0.05, 0) is 18.8 Å². The molecular weight excluding hydrogens is 214 g/mol. The monoisotopic (exact) mass is 235 g/mol. The molecule has 2 heterocycles. The van der Waals surface area contributed by atoms with Crippen molar-refractivity contribution in [2.24, 2.45) is 23.7 Å². The summed E-state index contributed by atoms with van der Waals surface area (Å²) >= 11 is 0. The van der Waals surface area contributed by atoms with E-state index in [9.17, 15) is 0 Å². The normalized spacial score (nSPS) is 18.7. The number of aromatic nitrogens is 2. The quantitative estimate of drug-likeness (QED) is 0.613. The summed E-state index contributed by atoms with van der Waals surface area (Å²) in [5.74, 6) is 2.41. The molecule has 1 aromatic heterocycles. The van der Waals surface area contributed by atoms with E-state index in [1.165, 1.54) is 12.8 Å². The molecule has 2 rings (SSSR count). The summed E-state index contributed by atoms with van der Waals surface area (Å²) < 4.78 is 1.97.